The van der Waals surface area contributed by atoms with Crippen LogP contribution in [0.5, 0.6) is 0 Å². The molecule has 2 aromatic rings. The molecule has 3 rings (SSSR count). The maximum Gasteiger partial charge on any atom is 0.123 e. The maximum absolute atomic E-state index is 13.4. The number of halogens is 1. The van der Waals surface area contributed by atoms with Crippen LogP contribution in [0.1, 0.15) is 35.4 Å². The second kappa shape index (κ2) is 6.72. The van der Waals surface area contributed by atoms with Crippen molar-refractivity contribution >= 4 is 0 Å². The summed E-state index contributed by atoms with van der Waals surface area (Å²) in [4.78, 5) is 2.31. The van der Waals surface area contributed by atoms with Crippen LogP contribution in [-0.2, 0) is 6.54 Å². The summed E-state index contributed by atoms with van der Waals surface area (Å²) in [5.41, 5.74) is 2.78. The van der Waals surface area contributed by atoms with E-state index in [2.05, 4.69) is 35.2 Å². The molecule has 112 valence electrons. The molecule has 2 aromatic carbocycles. The Morgan fingerprint density at radius 3 is 2.50 bits per heavy atom. The fraction of sp³-hybridized carbons (Fsp3) is 0.316. The highest BCUT2D eigenvalue weighted by Gasteiger charge is 2.21. The normalized spacial score (nSPS) is 16.4. The van der Waals surface area contributed by atoms with Crippen LogP contribution in [-0.4, -0.2) is 18.0 Å². The van der Waals surface area contributed by atoms with Crippen molar-refractivity contribution in [3.8, 4) is 6.07 Å². The monoisotopic (exact) mass is 294 g/mol. The lowest BCUT2D eigenvalue weighted by Crippen LogP contribution is -2.32. The van der Waals surface area contributed by atoms with Gasteiger partial charge < -0.3 is 0 Å². The van der Waals surface area contributed by atoms with Crippen LogP contribution in [0, 0.1) is 17.1 Å². The first kappa shape index (κ1) is 14.7. The van der Waals surface area contributed by atoms with Crippen LogP contribution in [0.3, 0.4) is 0 Å². The van der Waals surface area contributed by atoms with E-state index in [-0.39, 0.29) is 5.82 Å². The Balaban J connectivity index is 1.63. The van der Waals surface area contributed by atoms with Gasteiger partial charge in [-0.1, -0.05) is 30.3 Å². The molecule has 0 amide bonds. The number of nitrogens with zero attached hydrogens (tertiary/aromatic N) is 2. The summed E-state index contributed by atoms with van der Waals surface area (Å²) in [5.74, 6) is 0.341. The average molecular weight is 294 g/mol. The zero-order chi connectivity index (χ0) is 15.4. The van der Waals surface area contributed by atoms with E-state index in [1.807, 2.05) is 6.07 Å². The van der Waals surface area contributed by atoms with Crippen LogP contribution in [0.25, 0.3) is 0 Å². The molecule has 2 nitrogen and oxygen atoms in total. The van der Waals surface area contributed by atoms with E-state index < -0.39 is 0 Å². The molecule has 0 bridgehead atoms. The summed E-state index contributed by atoms with van der Waals surface area (Å²) in [6, 6.07) is 17.2. The van der Waals surface area contributed by atoms with Crippen molar-refractivity contribution in [2.24, 2.45) is 0 Å². The average Bonchev–Trinajstić information content (AvgIpc) is 2.57. The molecule has 0 atom stereocenters. The molecule has 1 aliphatic heterocycles. The smallest absolute Gasteiger partial charge is 0.123 e. The van der Waals surface area contributed by atoms with E-state index in [4.69, 9.17) is 5.26 Å². The predicted molar refractivity (Wildman–Crippen MR) is 84.8 cm³/mol. The minimum Gasteiger partial charge on any atom is -0.299 e. The molecule has 0 radical (unpaired) electrons. The van der Waals surface area contributed by atoms with E-state index >= 15 is 0 Å². The minimum atomic E-state index is -0.270. The first-order valence-corrected chi connectivity index (χ1v) is 7.72. The van der Waals surface area contributed by atoms with Gasteiger partial charge in [-0.05, 0) is 61.2 Å². The second-order valence-corrected chi connectivity index (χ2v) is 5.87. The number of hydrogen-bond acceptors (Lipinski definition) is 2. The summed E-state index contributed by atoms with van der Waals surface area (Å²) >= 11 is 0. The highest BCUT2D eigenvalue weighted by molar-refractivity contribution is 5.37. The van der Waals surface area contributed by atoms with E-state index in [1.165, 1.54) is 17.7 Å². The molecule has 3 heteroatoms. The van der Waals surface area contributed by atoms with Crippen LogP contribution in [0.15, 0.2) is 48.5 Å². The number of hydrogen-bond donors (Lipinski definition) is 0. The van der Waals surface area contributed by atoms with Gasteiger partial charge in [-0.2, -0.15) is 5.26 Å². The maximum atomic E-state index is 13.4. The molecule has 0 saturated carbocycles. The van der Waals surface area contributed by atoms with Gasteiger partial charge in [-0.15, -0.1) is 0 Å². The van der Waals surface area contributed by atoms with E-state index in [0.717, 1.165) is 31.5 Å². The SMILES string of the molecule is N#Cc1ccc(F)cc1CN1CCC(c2ccccc2)CC1. The Bertz CT molecular complexity index is 668. The number of nitriles is 1. The predicted octanol–water partition coefficient (Wildman–Crippen LogP) is 4.08. The summed E-state index contributed by atoms with van der Waals surface area (Å²) < 4.78 is 13.4. The summed E-state index contributed by atoms with van der Waals surface area (Å²) in [6.07, 6.45) is 2.22. The molecule has 22 heavy (non-hydrogen) atoms. The molecule has 0 aliphatic carbocycles. The third kappa shape index (κ3) is 3.35. The summed E-state index contributed by atoms with van der Waals surface area (Å²) in [6.45, 7) is 2.63. The van der Waals surface area contributed by atoms with Crippen LogP contribution < -0.4 is 0 Å². The Kier molecular flexibility index (Phi) is 4.50. The highest BCUT2D eigenvalue weighted by atomic mass is 19.1. The first-order valence-electron chi connectivity index (χ1n) is 7.72. The van der Waals surface area contributed by atoms with Crippen molar-refractivity contribution < 1.29 is 4.39 Å². The highest BCUT2D eigenvalue weighted by Crippen LogP contribution is 2.28. The Labute approximate surface area is 130 Å². The standard InChI is InChI=1S/C19H19FN2/c20-19-7-6-17(13-21)18(12-19)14-22-10-8-16(9-11-22)15-4-2-1-3-5-15/h1-7,12,16H,8-11,14H2. The van der Waals surface area contributed by atoms with Crippen molar-refractivity contribution in [2.75, 3.05) is 13.1 Å². The lowest BCUT2D eigenvalue weighted by molar-refractivity contribution is 0.204. The summed E-state index contributed by atoms with van der Waals surface area (Å²) in [5, 5.41) is 9.14. The molecular weight excluding hydrogens is 275 g/mol. The Morgan fingerprint density at radius 2 is 1.82 bits per heavy atom. The summed E-state index contributed by atoms with van der Waals surface area (Å²) in [7, 11) is 0. The van der Waals surface area contributed by atoms with E-state index in [0.29, 0.717) is 18.0 Å². The van der Waals surface area contributed by atoms with Gasteiger partial charge in [0.25, 0.3) is 0 Å². The lowest BCUT2D eigenvalue weighted by atomic mass is 9.89. The quantitative estimate of drug-likeness (QED) is 0.853. The van der Waals surface area contributed by atoms with E-state index in [9.17, 15) is 4.39 Å². The molecular formula is C19H19FN2. The van der Waals surface area contributed by atoms with Crippen LogP contribution in [0.4, 0.5) is 4.39 Å². The molecule has 0 unspecified atom stereocenters. The molecule has 0 spiro atoms. The van der Waals surface area contributed by atoms with Crippen LogP contribution in [0.2, 0.25) is 0 Å². The van der Waals surface area contributed by atoms with Gasteiger partial charge in [0, 0.05) is 6.54 Å². The molecule has 1 fully saturated rings. The zero-order valence-electron chi connectivity index (χ0n) is 12.5. The fourth-order valence-corrected chi connectivity index (χ4v) is 3.19. The van der Waals surface area contributed by atoms with Gasteiger partial charge in [0.05, 0.1) is 11.6 Å². The van der Waals surface area contributed by atoms with Gasteiger partial charge >= 0.3 is 0 Å². The topological polar surface area (TPSA) is 27.0 Å². The van der Waals surface area contributed by atoms with Crippen molar-refractivity contribution in [1.82, 2.24) is 4.90 Å². The minimum absolute atomic E-state index is 0.270. The third-order valence-corrected chi connectivity index (χ3v) is 4.44. The largest absolute Gasteiger partial charge is 0.299 e. The number of likely N-dealkylation sites (tertiary alicyclic amines) is 1. The second-order valence-electron chi connectivity index (χ2n) is 5.87. The fourth-order valence-electron chi connectivity index (χ4n) is 3.19. The third-order valence-electron chi connectivity index (χ3n) is 4.44. The Morgan fingerprint density at radius 1 is 1.09 bits per heavy atom. The molecule has 1 heterocycles. The Hall–Kier alpha value is -2.18. The molecule has 1 saturated heterocycles. The van der Waals surface area contributed by atoms with E-state index in [1.54, 1.807) is 6.07 Å². The van der Waals surface area contributed by atoms with Crippen molar-refractivity contribution in [3.63, 3.8) is 0 Å². The van der Waals surface area contributed by atoms with Gasteiger partial charge in [-0.25, -0.2) is 4.39 Å². The lowest BCUT2D eigenvalue weighted by Gasteiger charge is -2.32. The van der Waals surface area contributed by atoms with Gasteiger partial charge in [0.1, 0.15) is 5.82 Å². The molecule has 0 aromatic heterocycles. The number of piperidine rings is 1. The van der Waals surface area contributed by atoms with Gasteiger partial charge in [0.2, 0.25) is 0 Å². The van der Waals surface area contributed by atoms with Gasteiger partial charge in [0.15, 0.2) is 0 Å². The van der Waals surface area contributed by atoms with Crippen molar-refractivity contribution in [3.05, 3.63) is 71.0 Å². The van der Waals surface area contributed by atoms with Crippen molar-refractivity contribution in [2.45, 2.75) is 25.3 Å². The molecule has 1 aliphatic rings. The van der Waals surface area contributed by atoms with Gasteiger partial charge in [-0.3, -0.25) is 4.90 Å². The van der Waals surface area contributed by atoms with Crippen molar-refractivity contribution in [1.29, 1.82) is 5.26 Å². The van der Waals surface area contributed by atoms with Crippen LogP contribution >= 0.6 is 0 Å². The number of benzene rings is 2. The zero-order valence-corrected chi connectivity index (χ0v) is 12.5. The first-order chi connectivity index (χ1) is 10.8. The molecule has 0 N–H and O–H groups in total. The number of rotatable bonds is 3.